The van der Waals surface area contributed by atoms with Crippen LogP contribution in [0.1, 0.15) is 33.9 Å². The number of carbonyl (C=O) groups is 1. The average molecular weight is 344 g/mol. The van der Waals surface area contributed by atoms with Crippen LogP contribution in [-0.2, 0) is 10.0 Å². The number of hydrogen-bond donors (Lipinski definition) is 1. The monoisotopic (exact) mass is 344 g/mol. The topological polar surface area (TPSA) is 66.5 Å². The van der Waals surface area contributed by atoms with Gasteiger partial charge in [-0.15, -0.1) is 0 Å². The van der Waals surface area contributed by atoms with E-state index >= 15 is 0 Å². The van der Waals surface area contributed by atoms with Gasteiger partial charge in [-0.2, -0.15) is 0 Å². The number of nitrogens with one attached hydrogen (secondary N) is 1. The van der Waals surface area contributed by atoms with Crippen LogP contribution < -0.4 is 9.62 Å². The Hall–Kier alpha value is -2.34. The van der Waals surface area contributed by atoms with Crippen LogP contribution in [0.4, 0.5) is 5.69 Å². The first kappa shape index (κ1) is 16.5. The van der Waals surface area contributed by atoms with Gasteiger partial charge in [0.1, 0.15) is 0 Å². The quantitative estimate of drug-likeness (QED) is 0.931. The van der Waals surface area contributed by atoms with Gasteiger partial charge < -0.3 is 5.32 Å². The van der Waals surface area contributed by atoms with Crippen molar-refractivity contribution in [3.05, 3.63) is 65.2 Å². The molecule has 0 fully saturated rings. The SMILES string of the molecule is Cc1ccccc1C(=O)NC1CCN(S(C)(=O)=O)c2ccccc21. The highest BCUT2D eigenvalue weighted by atomic mass is 32.2. The Kier molecular flexibility index (Phi) is 4.32. The summed E-state index contributed by atoms with van der Waals surface area (Å²) in [6.07, 6.45) is 1.75. The molecule has 0 saturated heterocycles. The molecule has 0 bridgehead atoms. The van der Waals surface area contributed by atoms with Crippen LogP contribution in [0.3, 0.4) is 0 Å². The van der Waals surface area contributed by atoms with Gasteiger partial charge in [-0.25, -0.2) is 8.42 Å². The largest absolute Gasteiger partial charge is 0.345 e. The van der Waals surface area contributed by atoms with Gasteiger partial charge in [0.15, 0.2) is 0 Å². The van der Waals surface area contributed by atoms with Crippen molar-refractivity contribution in [3.8, 4) is 0 Å². The molecule has 2 aromatic rings. The third kappa shape index (κ3) is 3.14. The van der Waals surface area contributed by atoms with Gasteiger partial charge in [0.2, 0.25) is 10.0 Å². The lowest BCUT2D eigenvalue weighted by molar-refractivity contribution is 0.0934. The van der Waals surface area contributed by atoms with E-state index in [0.717, 1.165) is 11.1 Å². The minimum Gasteiger partial charge on any atom is -0.345 e. The molecule has 0 radical (unpaired) electrons. The molecular weight excluding hydrogens is 324 g/mol. The summed E-state index contributed by atoms with van der Waals surface area (Å²) in [6.45, 7) is 2.25. The number of nitrogens with zero attached hydrogens (tertiary/aromatic N) is 1. The number of rotatable bonds is 3. The third-order valence-corrected chi connectivity index (χ3v) is 5.48. The molecule has 1 atom stereocenters. The summed E-state index contributed by atoms with van der Waals surface area (Å²) in [5.41, 5.74) is 3.02. The molecule has 126 valence electrons. The van der Waals surface area contributed by atoms with E-state index in [1.807, 2.05) is 43.3 Å². The Morgan fingerprint density at radius 2 is 1.79 bits per heavy atom. The molecule has 0 spiro atoms. The first-order valence-corrected chi connectivity index (χ1v) is 9.66. The van der Waals surface area contributed by atoms with E-state index in [-0.39, 0.29) is 11.9 Å². The number of hydrogen-bond acceptors (Lipinski definition) is 3. The number of fused-ring (bicyclic) bond motifs is 1. The van der Waals surface area contributed by atoms with E-state index in [1.165, 1.54) is 10.6 Å². The zero-order valence-corrected chi connectivity index (χ0v) is 14.5. The maximum absolute atomic E-state index is 12.6. The maximum Gasteiger partial charge on any atom is 0.252 e. The number of para-hydroxylation sites is 1. The molecule has 1 N–H and O–H groups in total. The first-order chi connectivity index (χ1) is 11.4. The third-order valence-electron chi connectivity index (χ3n) is 4.30. The number of amides is 1. The molecule has 1 aliphatic heterocycles. The maximum atomic E-state index is 12.6. The molecule has 5 nitrogen and oxygen atoms in total. The Bertz CT molecular complexity index is 877. The summed E-state index contributed by atoms with van der Waals surface area (Å²) in [6, 6.07) is 14.5. The van der Waals surface area contributed by atoms with Crippen molar-refractivity contribution >= 4 is 21.6 Å². The smallest absolute Gasteiger partial charge is 0.252 e. The minimum absolute atomic E-state index is 0.138. The number of benzene rings is 2. The van der Waals surface area contributed by atoms with Crippen molar-refractivity contribution in [3.63, 3.8) is 0 Å². The zero-order valence-electron chi connectivity index (χ0n) is 13.7. The average Bonchev–Trinajstić information content (AvgIpc) is 2.54. The fraction of sp³-hybridized carbons (Fsp3) is 0.278. The summed E-state index contributed by atoms with van der Waals surface area (Å²) in [5, 5.41) is 3.04. The highest BCUT2D eigenvalue weighted by molar-refractivity contribution is 7.92. The Balaban J connectivity index is 1.90. The summed E-state index contributed by atoms with van der Waals surface area (Å²) >= 11 is 0. The molecule has 3 rings (SSSR count). The first-order valence-electron chi connectivity index (χ1n) is 7.81. The van der Waals surface area contributed by atoms with Crippen molar-refractivity contribution in [1.82, 2.24) is 5.32 Å². The highest BCUT2D eigenvalue weighted by Gasteiger charge is 2.30. The second-order valence-electron chi connectivity index (χ2n) is 6.02. The van der Waals surface area contributed by atoms with Crippen molar-refractivity contribution in [2.75, 3.05) is 17.1 Å². The van der Waals surface area contributed by atoms with Gasteiger partial charge in [-0.05, 0) is 36.6 Å². The molecule has 0 aliphatic carbocycles. The molecule has 2 aromatic carbocycles. The highest BCUT2D eigenvalue weighted by Crippen LogP contribution is 2.35. The Labute approximate surface area is 142 Å². The lowest BCUT2D eigenvalue weighted by Gasteiger charge is -2.34. The molecule has 1 heterocycles. The Morgan fingerprint density at radius 3 is 2.50 bits per heavy atom. The van der Waals surface area contributed by atoms with Crippen LogP contribution in [0, 0.1) is 6.92 Å². The fourth-order valence-corrected chi connectivity index (χ4v) is 4.05. The van der Waals surface area contributed by atoms with Crippen molar-refractivity contribution in [2.24, 2.45) is 0 Å². The van der Waals surface area contributed by atoms with Crippen molar-refractivity contribution < 1.29 is 13.2 Å². The van der Waals surface area contributed by atoms with Gasteiger partial charge in [-0.3, -0.25) is 9.10 Å². The molecule has 1 amide bonds. The van der Waals surface area contributed by atoms with Crippen LogP contribution in [0.15, 0.2) is 48.5 Å². The predicted molar refractivity (Wildman–Crippen MR) is 94.6 cm³/mol. The summed E-state index contributed by atoms with van der Waals surface area (Å²) in [5.74, 6) is -0.138. The zero-order chi connectivity index (χ0) is 17.3. The van der Waals surface area contributed by atoms with Gasteiger partial charge in [0, 0.05) is 12.1 Å². The van der Waals surface area contributed by atoms with E-state index in [1.54, 1.807) is 12.1 Å². The molecule has 6 heteroatoms. The molecule has 0 saturated carbocycles. The molecule has 1 aliphatic rings. The van der Waals surface area contributed by atoms with Crippen molar-refractivity contribution in [1.29, 1.82) is 0 Å². The van der Waals surface area contributed by atoms with Gasteiger partial charge in [-0.1, -0.05) is 36.4 Å². The summed E-state index contributed by atoms with van der Waals surface area (Å²) in [4.78, 5) is 12.6. The van der Waals surface area contributed by atoms with E-state index < -0.39 is 10.0 Å². The van der Waals surface area contributed by atoms with Crippen LogP contribution in [0.25, 0.3) is 0 Å². The van der Waals surface area contributed by atoms with E-state index in [2.05, 4.69) is 5.32 Å². The van der Waals surface area contributed by atoms with Gasteiger partial charge >= 0.3 is 0 Å². The lowest BCUT2D eigenvalue weighted by Crippen LogP contribution is -2.40. The van der Waals surface area contributed by atoms with Crippen molar-refractivity contribution in [2.45, 2.75) is 19.4 Å². The number of anilines is 1. The van der Waals surface area contributed by atoms with Gasteiger partial charge in [0.25, 0.3) is 5.91 Å². The standard InChI is InChI=1S/C18H20N2O3S/c1-13-7-3-4-8-14(13)18(21)19-16-11-12-20(24(2,22)23)17-10-6-5-9-15(16)17/h3-10,16H,11-12H2,1-2H3,(H,19,21). The van der Waals surface area contributed by atoms with E-state index in [9.17, 15) is 13.2 Å². The fourth-order valence-electron chi connectivity index (χ4n) is 3.09. The normalized spacial score (nSPS) is 17.2. The Morgan fingerprint density at radius 1 is 1.12 bits per heavy atom. The van der Waals surface area contributed by atoms with Crippen LogP contribution >= 0.6 is 0 Å². The molecule has 1 unspecified atom stereocenters. The number of carbonyl (C=O) groups excluding carboxylic acids is 1. The molecular formula is C18H20N2O3S. The van der Waals surface area contributed by atoms with Crippen LogP contribution in [0.2, 0.25) is 0 Å². The predicted octanol–water partition coefficient (Wildman–Crippen LogP) is 2.64. The second kappa shape index (κ2) is 6.28. The minimum atomic E-state index is -3.33. The lowest BCUT2D eigenvalue weighted by atomic mass is 9.97. The van der Waals surface area contributed by atoms with Crippen LogP contribution in [-0.4, -0.2) is 27.1 Å². The second-order valence-corrected chi connectivity index (χ2v) is 7.93. The van der Waals surface area contributed by atoms with E-state index in [4.69, 9.17) is 0 Å². The summed E-state index contributed by atoms with van der Waals surface area (Å²) < 4.78 is 25.4. The number of sulfonamides is 1. The van der Waals surface area contributed by atoms with Crippen LogP contribution in [0.5, 0.6) is 0 Å². The van der Waals surface area contributed by atoms with Gasteiger partial charge in [0.05, 0.1) is 18.0 Å². The molecule has 24 heavy (non-hydrogen) atoms. The van der Waals surface area contributed by atoms with E-state index in [0.29, 0.717) is 24.2 Å². The molecule has 0 aromatic heterocycles. The summed E-state index contributed by atoms with van der Waals surface area (Å²) in [7, 11) is -3.33. The number of aryl methyl sites for hydroxylation is 1.